The molecule has 2 aliphatic heterocycles. The lowest BCUT2D eigenvalue weighted by Crippen LogP contribution is -2.35. The van der Waals surface area contributed by atoms with Gasteiger partial charge in [-0.05, 0) is 118 Å². The number of fused-ring (bicyclic) bond motifs is 4. The van der Waals surface area contributed by atoms with Gasteiger partial charge < -0.3 is 29.6 Å². The molecule has 3 aliphatic carbocycles. The number of rotatable bonds is 10. The Kier molecular flexibility index (Phi) is 12.0. The number of thiazole rings is 2. The monoisotopic (exact) mass is 952 g/mol. The molecule has 6 aromatic heterocycles. The zero-order chi connectivity index (χ0) is 45.5. The van der Waals surface area contributed by atoms with Gasteiger partial charge in [-0.1, -0.05) is 29.6 Å². The first-order valence-corrected chi connectivity index (χ1v) is 26.4. The molecule has 0 spiro atoms. The zero-order valence-corrected chi connectivity index (χ0v) is 41.7. The number of ether oxygens (including phenoxy) is 4. The average Bonchev–Trinajstić information content (AvgIpc) is 3.61. The molecule has 2 saturated heterocycles. The van der Waals surface area contributed by atoms with E-state index in [1.54, 1.807) is 34.4 Å². The third-order valence-electron chi connectivity index (χ3n) is 13.1. The van der Waals surface area contributed by atoms with Gasteiger partial charge in [0.1, 0.15) is 44.9 Å². The predicted molar refractivity (Wildman–Crippen MR) is 261 cm³/mol. The Morgan fingerprint density at radius 2 is 1.09 bits per heavy atom. The second kappa shape index (κ2) is 17.3. The molecule has 2 N–H and O–H groups in total. The van der Waals surface area contributed by atoms with E-state index in [1.165, 1.54) is 24.6 Å². The smallest absolute Gasteiger partial charge is 0.189 e. The number of hydrogen-bond acceptors (Lipinski definition) is 18. The van der Waals surface area contributed by atoms with Gasteiger partial charge in [0.2, 0.25) is 0 Å². The average molecular weight is 953 g/mol. The van der Waals surface area contributed by atoms with Crippen molar-refractivity contribution < 1.29 is 18.9 Å². The number of aryl methyl sites for hydroxylation is 4. The van der Waals surface area contributed by atoms with Gasteiger partial charge in [-0.3, -0.25) is 9.97 Å². The Morgan fingerprint density at radius 1 is 0.631 bits per heavy atom. The maximum Gasteiger partial charge on any atom is 0.189 e. The van der Waals surface area contributed by atoms with Crippen molar-refractivity contribution in [1.29, 1.82) is 0 Å². The quantitative estimate of drug-likeness (QED) is 0.0756. The highest BCUT2D eigenvalue weighted by atomic mass is 32.2. The summed E-state index contributed by atoms with van der Waals surface area (Å²) in [6.45, 7) is 20.0. The topological polar surface area (TPSA) is 164 Å². The van der Waals surface area contributed by atoms with Crippen molar-refractivity contribution in [2.24, 2.45) is 17.8 Å². The van der Waals surface area contributed by atoms with Crippen molar-refractivity contribution in [3.8, 4) is 21.1 Å². The Morgan fingerprint density at radius 3 is 1.55 bits per heavy atom. The van der Waals surface area contributed by atoms with Gasteiger partial charge in [-0.2, -0.15) is 0 Å². The third kappa shape index (κ3) is 8.66. The minimum atomic E-state index is -0.608. The van der Waals surface area contributed by atoms with Crippen LogP contribution in [-0.4, -0.2) is 100 Å². The number of anilines is 2. The van der Waals surface area contributed by atoms with Crippen LogP contribution >= 0.6 is 46.2 Å². The summed E-state index contributed by atoms with van der Waals surface area (Å²) in [5, 5.41) is 10.8. The van der Waals surface area contributed by atoms with Gasteiger partial charge in [-0.25, -0.2) is 29.9 Å². The summed E-state index contributed by atoms with van der Waals surface area (Å²) in [7, 11) is 0. The molecule has 65 heavy (non-hydrogen) atoms. The van der Waals surface area contributed by atoms with E-state index in [9.17, 15) is 0 Å². The summed E-state index contributed by atoms with van der Waals surface area (Å²) in [6, 6.07) is 4.22. The van der Waals surface area contributed by atoms with Crippen LogP contribution in [0.5, 0.6) is 0 Å². The first-order chi connectivity index (χ1) is 31.1. The lowest BCUT2D eigenvalue weighted by atomic mass is 9.99. The maximum atomic E-state index is 6.41. The molecule has 5 fully saturated rings. The van der Waals surface area contributed by atoms with Gasteiger partial charge in [0.15, 0.2) is 21.9 Å². The molecule has 3 saturated carbocycles. The molecule has 0 radical (unpaired) electrons. The van der Waals surface area contributed by atoms with Gasteiger partial charge in [0.25, 0.3) is 0 Å². The normalized spacial score (nSPS) is 27.4. The van der Waals surface area contributed by atoms with E-state index in [2.05, 4.69) is 27.2 Å². The number of nitrogens with zero attached hydrogens (tertiary/aromatic N) is 8. The molecule has 8 atom stereocenters. The SMILES string of the molecule is C=C[C@H]1C[C@@H](Nc2nc(SC)nc(C)c2-c2nc3c(C)nccc3s2)[C@@H]2OC(C)(C)O[C@@H]21.CSc1nc(C)c(-c2nc3c(C)nccc3s2)c(N[C@@H]2C[C@H](C3CC3)[C@H]3OC(C)(C)O[C@H]32)n1. The number of aromatic nitrogens is 8. The number of hydrogen-bond donors (Lipinski definition) is 2. The Balaban J connectivity index is 0.000000153. The van der Waals surface area contributed by atoms with Crippen LogP contribution in [0.2, 0.25) is 0 Å². The summed E-state index contributed by atoms with van der Waals surface area (Å²) < 4.78 is 27.5. The van der Waals surface area contributed by atoms with Crippen molar-refractivity contribution in [3.05, 3.63) is 60.0 Å². The van der Waals surface area contributed by atoms with Gasteiger partial charge in [0, 0.05) is 18.3 Å². The molecule has 342 valence electrons. The van der Waals surface area contributed by atoms with E-state index in [4.69, 9.17) is 48.9 Å². The van der Waals surface area contributed by atoms with Gasteiger partial charge in [-0.15, -0.1) is 29.3 Å². The zero-order valence-electron chi connectivity index (χ0n) is 38.5. The van der Waals surface area contributed by atoms with Crippen LogP contribution < -0.4 is 10.6 Å². The van der Waals surface area contributed by atoms with E-state index in [-0.39, 0.29) is 42.4 Å². The largest absolute Gasteiger partial charge is 0.364 e. The molecule has 18 heteroatoms. The summed E-state index contributed by atoms with van der Waals surface area (Å²) in [5.74, 6) is 1.99. The second-order valence-electron chi connectivity index (χ2n) is 18.6. The molecule has 8 heterocycles. The van der Waals surface area contributed by atoms with Crippen molar-refractivity contribution in [2.45, 2.75) is 139 Å². The summed E-state index contributed by atoms with van der Waals surface area (Å²) in [6.07, 6.45) is 14.2. The maximum absolute atomic E-state index is 6.41. The van der Waals surface area contributed by atoms with Crippen LogP contribution in [0.3, 0.4) is 0 Å². The van der Waals surface area contributed by atoms with E-state index >= 15 is 0 Å². The summed E-state index contributed by atoms with van der Waals surface area (Å²) >= 11 is 6.39. The van der Waals surface area contributed by atoms with Crippen molar-refractivity contribution in [2.75, 3.05) is 23.1 Å². The van der Waals surface area contributed by atoms with Crippen LogP contribution in [0, 0.1) is 45.4 Å². The van der Waals surface area contributed by atoms with Crippen LogP contribution in [0.1, 0.15) is 76.2 Å². The van der Waals surface area contributed by atoms with Crippen LogP contribution in [-0.2, 0) is 18.9 Å². The molecule has 0 unspecified atom stereocenters. The van der Waals surface area contributed by atoms with E-state index in [0.29, 0.717) is 5.92 Å². The molecule has 5 aliphatic rings. The Labute approximate surface area is 396 Å². The summed E-state index contributed by atoms with van der Waals surface area (Å²) in [5.41, 5.74) is 7.46. The van der Waals surface area contributed by atoms with Crippen LogP contribution in [0.4, 0.5) is 11.6 Å². The summed E-state index contributed by atoms with van der Waals surface area (Å²) in [4.78, 5) is 37.9. The van der Waals surface area contributed by atoms with E-state index in [0.717, 1.165) is 105 Å². The molecule has 11 rings (SSSR count). The fourth-order valence-electron chi connectivity index (χ4n) is 10.1. The van der Waals surface area contributed by atoms with Crippen LogP contribution in [0.25, 0.3) is 41.6 Å². The lowest BCUT2D eigenvalue weighted by molar-refractivity contribution is -0.158. The first kappa shape index (κ1) is 44.9. The van der Waals surface area contributed by atoms with Crippen LogP contribution in [0.15, 0.2) is 47.5 Å². The fraction of sp³-hybridized carbons (Fsp3) is 0.532. The Bertz CT molecular complexity index is 2790. The highest BCUT2D eigenvalue weighted by molar-refractivity contribution is 7.98. The number of pyridine rings is 2. The van der Waals surface area contributed by atoms with Gasteiger partial charge >= 0.3 is 0 Å². The minimum absolute atomic E-state index is 0.0115. The molecule has 0 amide bonds. The van der Waals surface area contributed by atoms with Crippen molar-refractivity contribution in [1.82, 2.24) is 39.9 Å². The second-order valence-corrected chi connectivity index (χ2v) is 22.2. The highest BCUT2D eigenvalue weighted by Gasteiger charge is 2.57. The molecule has 6 aromatic rings. The highest BCUT2D eigenvalue weighted by Crippen LogP contribution is 2.52. The lowest BCUT2D eigenvalue weighted by Gasteiger charge is -2.25. The predicted octanol–water partition coefficient (Wildman–Crippen LogP) is 10.2. The molecule has 14 nitrogen and oxygen atoms in total. The molecular formula is C47H56N10O4S4. The Hall–Kier alpha value is -3.88. The molecule has 0 bridgehead atoms. The number of nitrogens with one attached hydrogen (secondary N) is 2. The minimum Gasteiger partial charge on any atom is -0.364 e. The molecular weight excluding hydrogens is 897 g/mol. The van der Waals surface area contributed by atoms with Gasteiger partial charge in [0.05, 0.1) is 67.6 Å². The fourth-order valence-corrected chi connectivity index (χ4v) is 13.1. The number of thioether (sulfide) groups is 2. The molecule has 0 aromatic carbocycles. The van der Waals surface area contributed by atoms with E-state index in [1.807, 2.05) is 98.5 Å². The van der Waals surface area contributed by atoms with E-state index < -0.39 is 11.6 Å². The first-order valence-electron chi connectivity index (χ1n) is 22.3. The van der Waals surface area contributed by atoms with Crippen molar-refractivity contribution >= 4 is 78.3 Å². The standard InChI is InChI=1S/C24H29N5O2S2.C23H27N5O2S2/c1-11-17(22-28-18-12(2)25-9-8-16(18)33-22)21(29-23(26-11)32-5)27-15-10-14(13-6-7-13)19-20(15)31-24(3,4)30-19;1-7-13-10-14(19-18(13)29-23(4,5)30-19)26-20-16(11(2)25-22(28-20)31-6)21-27-17-12(3)24-9-8-15(17)32-21/h8-9,13-15,19-20H,6-7,10H2,1-5H3,(H,26,27,29);7-9,13-14,18-19H,1,10H2,2-6H3,(H,25,26,28)/t14-,15-,19-,20+;13-,14+,18+,19-/m10/s1. The van der Waals surface area contributed by atoms with Crippen molar-refractivity contribution in [3.63, 3.8) is 0 Å². The third-order valence-corrected chi connectivity index (χ3v) is 16.3.